The summed E-state index contributed by atoms with van der Waals surface area (Å²) >= 11 is 1.28. The van der Waals surface area contributed by atoms with E-state index in [1.54, 1.807) is 6.26 Å². The van der Waals surface area contributed by atoms with E-state index in [4.69, 9.17) is 12.3 Å². The fourth-order valence-electron chi connectivity index (χ4n) is 1.40. The summed E-state index contributed by atoms with van der Waals surface area (Å²) in [6.45, 7) is 6.99. The van der Waals surface area contributed by atoms with Crippen LogP contribution >= 0.6 is 11.8 Å². The van der Waals surface area contributed by atoms with E-state index >= 15 is 0 Å². The Labute approximate surface area is 117 Å². The third-order valence-corrected chi connectivity index (χ3v) is 3.11. The molecule has 19 heavy (non-hydrogen) atoms. The van der Waals surface area contributed by atoms with Crippen molar-refractivity contribution in [1.82, 2.24) is 0 Å². The zero-order valence-electron chi connectivity index (χ0n) is 11.1. The van der Waals surface area contributed by atoms with Crippen molar-refractivity contribution in [3.8, 4) is 0 Å². The molecule has 0 aliphatic carbocycles. The van der Waals surface area contributed by atoms with Crippen LogP contribution < -0.4 is 16.0 Å². The number of carbonyl (C=O) groups is 1. The number of nitrogens with two attached hydrogens (primary N) is 1. The molecule has 5 nitrogen and oxygen atoms in total. The Bertz CT molecular complexity index is 529. The molecule has 1 amide bonds. The molecule has 0 aliphatic rings. The number of amides is 1. The van der Waals surface area contributed by atoms with Gasteiger partial charge in [-0.1, -0.05) is 0 Å². The SMILES string of the molecule is [C-]#[N+]/C(C(N)=O)=C(\Nc1ccc(N(C)C)cc1)SC. The summed E-state index contributed by atoms with van der Waals surface area (Å²) in [4.78, 5) is 16.3. The van der Waals surface area contributed by atoms with Crippen molar-refractivity contribution in [1.29, 1.82) is 0 Å². The third kappa shape index (κ3) is 3.93. The Kier molecular flexibility index (Phi) is 5.27. The molecule has 0 aliphatic heterocycles. The maximum Gasteiger partial charge on any atom is 0.278 e. The molecule has 0 spiro atoms. The fourth-order valence-corrected chi connectivity index (χ4v) is 1.96. The molecule has 1 rings (SSSR count). The molecular formula is C13H16N4OS. The Morgan fingerprint density at radius 2 is 1.95 bits per heavy atom. The lowest BCUT2D eigenvalue weighted by Crippen LogP contribution is -2.15. The van der Waals surface area contributed by atoms with Crippen LogP contribution in [-0.4, -0.2) is 26.3 Å². The molecule has 0 heterocycles. The number of hydrogen-bond donors (Lipinski definition) is 2. The van der Waals surface area contributed by atoms with E-state index in [-0.39, 0.29) is 5.70 Å². The molecule has 0 radical (unpaired) electrons. The number of nitrogens with one attached hydrogen (secondary N) is 1. The molecule has 1 aromatic carbocycles. The van der Waals surface area contributed by atoms with Gasteiger partial charge in [-0.2, -0.15) is 0 Å². The minimum atomic E-state index is -0.725. The Balaban J connectivity index is 3.00. The van der Waals surface area contributed by atoms with Crippen LogP contribution in [0.4, 0.5) is 11.4 Å². The zero-order chi connectivity index (χ0) is 14.4. The van der Waals surface area contributed by atoms with Gasteiger partial charge in [-0.15, -0.1) is 11.8 Å². The number of anilines is 2. The average Bonchev–Trinajstić information content (AvgIpc) is 2.38. The number of benzene rings is 1. The summed E-state index contributed by atoms with van der Waals surface area (Å²) in [5, 5.41) is 3.50. The number of thioether (sulfide) groups is 1. The normalized spacial score (nSPS) is 11.3. The lowest BCUT2D eigenvalue weighted by Gasteiger charge is -2.14. The van der Waals surface area contributed by atoms with E-state index in [9.17, 15) is 4.79 Å². The summed E-state index contributed by atoms with van der Waals surface area (Å²) in [6, 6.07) is 7.66. The summed E-state index contributed by atoms with van der Waals surface area (Å²) in [5.41, 5.74) is 6.96. The highest BCUT2D eigenvalue weighted by molar-refractivity contribution is 8.02. The van der Waals surface area contributed by atoms with Crippen LogP contribution in [0, 0.1) is 6.57 Å². The van der Waals surface area contributed by atoms with E-state index in [1.165, 1.54) is 11.8 Å². The van der Waals surface area contributed by atoms with Crippen LogP contribution in [0.15, 0.2) is 35.0 Å². The molecule has 0 bridgehead atoms. The molecule has 0 unspecified atom stereocenters. The lowest BCUT2D eigenvalue weighted by molar-refractivity contribution is -0.114. The zero-order valence-corrected chi connectivity index (χ0v) is 11.9. The van der Waals surface area contributed by atoms with Gasteiger partial charge in [0.2, 0.25) is 5.91 Å². The largest absolute Gasteiger partial charge is 0.378 e. The van der Waals surface area contributed by atoms with Crippen molar-refractivity contribution in [3.05, 3.63) is 46.4 Å². The maximum absolute atomic E-state index is 11.2. The second-order valence-electron chi connectivity index (χ2n) is 3.92. The molecule has 6 heteroatoms. The van der Waals surface area contributed by atoms with E-state index in [0.717, 1.165) is 11.4 Å². The first-order valence-electron chi connectivity index (χ1n) is 5.49. The summed E-state index contributed by atoms with van der Waals surface area (Å²) in [6.07, 6.45) is 1.78. The highest BCUT2D eigenvalue weighted by Crippen LogP contribution is 2.23. The molecular weight excluding hydrogens is 260 g/mol. The van der Waals surface area contributed by atoms with Crippen LogP contribution in [-0.2, 0) is 4.79 Å². The molecule has 0 fully saturated rings. The van der Waals surface area contributed by atoms with E-state index in [0.29, 0.717) is 5.03 Å². The quantitative estimate of drug-likeness (QED) is 0.638. The van der Waals surface area contributed by atoms with Crippen LogP contribution in [0.25, 0.3) is 4.85 Å². The smallest absolute Gasteiger partial charge is 0.278 e. The minimum Gasteiger partial charge on any atom is -0.378 e. The van der Waals surface area contributed by atoms with E-state index < -0.39 is 5.91 Å². The third-order valence-electron chi connectivity index (χ3n) is 2.41. The first-order valence-corrected chi connectivity index (χ1v) is 6.72. The molecule has 0 aromatic heterocycles. The fraction of sp³-hybridized carbons (Fsp3) is 0.231. The Morgan fingerprint density at radius 3 is 2.32 bits per heavy atom. The molecule has 0 saturated carbocycles. The van der Waals surface area contributed by atoms with Crippen LogP contribution in [0.3, 0.4) is 0 Å². The van der Waals surface area contributed by atoms with Gasteiger partial charge >= 0.3 is 0 Å². The summed E-state index contributed by atoms with van der Waals surface area (Å²) in [5.74, 6) is -0.725. The Morgan fingerprint density at radius 1 is 1.37 bits per heavy atom. The van der Waals surface area contributed by atoms with Crippen molar-refractivity contribution < 1.29 is 4.79 Å². The summed E-state index contributed by atoms with van der Waals surface area (Å²) < 4.78 is 0. The van der Waals surface area contributed by atoms with Gasteiger partial charge in [0, 0.05) is 25.5 Å². The van der Waals surface area contributed by atoms with Crippen LogP contribution in [0.2, 0.25) is 0 Å². The number of primary amides is 1. The minimum absolute atomic E-state index is 0.0795. The van der Waals surface area contributed by atoms with Crippen molar-refractivity contribution in [2.45, 2.75) is 0 Å². The van der Waals surface area contributed by atoms with Crippen LogP contribution in [0.5, 0.6) is 0 Å². The predicted octanol–water partition coefficient (Wildman–Crippen LogP) is 2.10. The number of carbonyl (C=O) groups excluding carboxylic acids is 1. The van der Waals surface area contributed by atoms with Crippen molar-refractivity contribution in [2.24, 2.45) is 5.73 Å². The van der Waals surface area contributed by atoms with Crippen molar-refractivity contribution >= 4 is 29.0 Å². The van der Waals surface area contributed by atoms with Crippen molar-refractivity contribution in [2.75, 3.05) is 30.6 Å². The maximum atomic E-state index is 11.2. The van der Waals surface area contributed by atoms with Crippen molar-refractivity contribution in [3.63, 3.8) is 0 Å². The second kappa shape index (κ2) is 6.71. The van der Waals surface area contributed by atoms with Gasteiger partial charge in [0.05, 0.1) is 11.6 Å². The average molecular weight is 276 g/mol. The van der Waals surface area contributed by atoms with E-state index in [1.807, 2.05) is 43.3 Å². The van der Waals surface area contributed by atoms with Crippen LogP contribution in [0.1, 0.15) is 0 Å². The number of hydrogen-bond acceptors (Lipinski definition) is 4. The van der Waals surface area contributed by atoms with Gasteiger partial charge in [0.1, 0.15) is 0 Å². The first kappa shape index (κ1) is 14.9. The molecule has 100 valence electrons. The lowest BCUT2D eigenvalue weighted by atomic mass is 10.2. The second-order valence-corrected chi connectivity index (χ2v) is 4.74. The number of nitrogens with zero attached hydrogens (tertiary/aromatic N) is 2. The van der Waals surface area contributed by atoms with Gasteiger partial charge in [-0.3, -0.25) is 4.79 Å². The Hall–Kier alpha value is -2.13. The van der Waals surface area contributed by atoms with Gasteiger partial charge < -0.3 is 16.0 Å². The van der Waals surface area contributed by atoms with Gasteiger partial charge in [-0.25, -0.2) is 4.85 Å². The van der Waals surface area contributed by atoms with Gasteiger partial charge in [0.15, 0.2) is 0 Å². The molecule has 0 atom stereocenters. The summed E-state index contributed by atoms with van der Waals surface area (Å²) in [7, 11) is 3.92. The predicted molar refractivity (Wildman–Crippen MR) is 80.7 cm³/mol. The number of rotatable bonds is 5. The molecule has 3 N–H and O–H groups in total. The van der Waals surface area contributed by atoms with E-state index in [2.05, 4.69) is 10.2 Å². The monoisotopic (exact) mass is 276 g/mol. The molecule has 0 saturated heterocycles. The highest BCUT2D eigenvalue weighted by Gasteiger charge is 2.12. The first-order chi connectivity index (χ1) is 8.99. The standard InChI is InChI=1S/C13H16N4OS/c1-15-11(12(14)18)13(19-4)16-9-5-7-10(8-6-9)17(2)3/h5-8,16H,2-4H3,(H2,14,18)/b13-11+. The molecule has 1 aromatic rings. The van der Waals surface area contributed by atoms with Gasteiger partial charge in [0.25, 0.3) is 5.70 Å². The topological polar surface area (TPSA) is 62.7 Å². The highest BCUT2D eigenvalue weighted by atomic mass is 32.2. The van der Waals surface area contributed by atoms with Gasteiger partial charge in [-0.05, 0) is 30.5 Å².